The number of allylic oxidation sites excluding steroid dienone is 8. The molecule has 1 N–H and O–H groups in total. The maximum atomic E-state index is 3.65. The average molecular weight is 436 g/mol. The molecule has 1 heteroatoms. The Kier molecular flexibility index (Phi) is 15.2. The van der Waals surface area contributed by atoms with Crippen molar-refractivity contribution in [2.24, 2.45) is 11.3 Å². The Morgan fingerprint density at radius 3 is 2.12 bits per heavy atom. The predicted molar refractivity (Wildman–Crippen MR) is 148 cm³/mol. The van der Waals surface area contributed by atoms with E-state index < -0.39 is 0 Å². The first-order valence-corrected chi connectivity index (χ1v) is 12.1. The first-order valence-electron chi connectivity index (χ1n) is 12.1. The van der Waals surface area contributed by atoms with Gasteiger partial charge in [0.15, 0.2) is 0 Å². The fourth-order valence-electron chi connectivity index (χ4n) is 3.58. The fourth-order valence-corrected chi connectivity index (χ4v) is 3.58. The molecule has 0 spiro atoms. The van der Waals surface area contributed by atoms with Crippen LogP contribution in [0, 0.1) is 11.3 Å². The lowest BCUT2D eigenvalue weighted by Gasteiger charge is -2.23. The summed E-state index contributed by atoms with van der Waals surface area (Å²) in [5.74, 6) is 0.682. The number of rotatable bonds is 7. The summed E-state index contributed by atoms with van der Waals surface area (Å²) in [6.45, 7) is 22.2. The van der Waals surface area contributed by atoms with Gasteiger partial charge in [0.25, 0.3) is 0 Å². The molecule has 1 aromatic carbocycles. The van der Waals surface area contributed by atoms with Crippen LogP contribution in [0.1, 0.15) is 79.7 Å². The summed E-state index contributed by atoms with van der Waals surface area (Å²) in [6.07, 6.45) is 16.5. The molecule has 1 aliphatic carbocycles. The third kappa shape index (κ3) is 12.5. The molecule has 0 radical (unpaired) electrons. The van der Waals surface area contributed by atoms with Crippen LogP contribution in [0.4, 0.5) is 5.69 Å². The highest BCUT2D eigenvalue weighted by molar-refractivity contribution is 5.45. The van der Waals surface area contributed by atoms with Crippen molar-refractivity contribution in [2.45, 2.75) is 80.6 Å². The van der Waals surface area contributed by atoms with E-state index >= 15 is 0 Å². The van der Waals surface area contributed by atoms with Crippen LogP contribution in [0.25, 0.3) is 0 Å². The molecule has 1 aliphatic rings. The van der Waals surface area contributed by atoms with Gasteiger partial charge in [0.05, 0.1) is 0 Å². The average Bonchev–Trinajstić information content (AvgIpc) is 2.75. The van der Waals surface area contributed by atoms with Crippen LogP contribution in [0.15, 0.2) is 84.5 Å². The molecular formula is C31H49N. The number of aryl methyl sites for hydroxylation is 1. The van der Waals surface area contributed by atoms with Crippen LogP contribution >= 0.6 is 0 Å². The zero-order valence-electron chi connectivity index (χ0n) is 22.2. The lowest BCUT2D eigenvalue weighted by molar-refractivity contribution is 0.421. The van der Waals surface area contributed by atoms with Gasteiger partial charge in [-0.2, -0.15) is 0 Å². The fraction of sp³-hybridized carbons (Fsp3) is 0.484. The molecule has 0 saturated carbocycles. The van der Waals surface area contributed by atoms with Gasteiger partial charge < -0.3 is 5.32 Å². The van der Waals surface area contributed by atoms with Crippen LogP contribution in [0.3, 0.4) is 0 Å². The number of anilines is 1. The van der Waals surface area contributed by atoms with Crippen molar-refractivity contribution >= 4 is 5.69 Å². The summed E-state index contributed by atoms with van der Waals surface area (Å²) in [5.41, 5.74) is 7.58. The van der Waals surface area contributed by atoms with Crippen molar-refractivity contribution < 1.29 is 0 Å². The zero-order valence-corrected chi connectivity index (χ0v) is 22.2. The van der Waals surface area contributed by atoms with Crippen LogP contribution in [0.2, 0.25) is 0 Å². The Balaban J connectivity index is 0.000000809. The minimum absolute atomic E-state index is 0.432. The van der Waals surface area contributed by atoms with Gasteiger partial charge in [-0.3, -0.25) is 0 Å². The Morgan fingerprint density at radius 2 is 1.69 bits per heavy atom. The summed E-state index contributed by atoms with van der Waals surface area (Å²) >= 11 is 0. The number of nitrogens with one attached hydrogen (secondary N) is 1. The van der Waals surface area contributed by atoms with Gasteiger partial charge in [-0.1, -0.05) is 75.8 Å². The Hall–Kier alpha value is -2.28. The van der Waals surface area contributed by atoms with E-state index in [2.05, 4.69) is 103 Å². The number of benzene rings is 1. The first-order chi connectivity index (χ1) is 15.1. The molecule has 1 unspecified atom stereocenters. The monoisotopic (exact) mass is 435 g/mol. The number of hydrogen-bond donors (Lipinski definition) is 1. The van der Waals surface area contributed by atoms with E-state index in [-0.39, 0.29) is 0 Å². The molecular weight excluding hydrogens is 386 g/mol. The SMILES string of the molecule is C/C=C(\C)C1=C(CCCc2ccc(NC)cc2)C(C)CC=C1.C=CC.C=CCC(C)(C)C. The molecule has 0 saturated heterocycles. The normalized spacial score (nSPS) is 15.8. The highest BCUT2D eigenvalue weighted by Gasteiger charge is 2.16. The van der Waals surface area contributed by atoms with Crippen LogP contribution in [0.5, 0.6) is 0 Å². The van der Waals surface area contributed by atoms with Crippen molar-refractivity contribution in [1.29, 1.82) is 0 Å². The van der Waals surface area contributed by atoms with E-state index in [0.717, 1.165) is 12.8 Å². The van der Waals surface area contributed by atoms with E-state index in [1.165, 1.54) is 41.7 Å². The summed E-state index contributed by atoms with van der Waals surface area (Å²) in [4.78, 5) is 0. The predicted octanol–water partition coefficient (Wildman–Crippen LogP) is 9.71. The molecule has 0 aliphatic heterocycles. The second-order valence-electron chi connectivity index (χ2n) is 9.71. The summed E-state index contributed by atoms with van der Waals surface area (Å²) in [6, 6.07) is 8.80. The molecule has 0 heterocycles. The molecule has 0 bridgehead atoms. The second-order valence-corrected chi connectivity index (χ2v) is 9.71. The minimum atomic E-state index is 0.432. The largest absolute Gasteiger partial charge is 0.388 e. The van der Waals surface area contributed by atoms with E-state index in [1.807, 2.05) is 20.0 Å². The van der Waals surface area contributed by atoms with Crippen LogP contribution < -0.4 is 5.32 Å². The smallest absolute Gasteiger partial charge is 0.0337 e. The van der Waals surface area contributed by atoms with Gasteiger partial charge in [-0.15, -0.1) is 13.2 Å². The second kappa shape index (κ2) is 16.4. The van der Waals surface area contributed by atoms with Crippen molar-refractivity contribution in [1.82, 2.24) is 0 Å². The molecule has 1 nitrogen and oxygen atoms in total. The first kappa shape index (κ1) is 29.7. The van der Waals surface area contributed by atoms with Crippen molar-refractivity contribution in [3.05, 3.63) is 90.1 Å². The zero-order chi connectivity index (χ0) is 24.6. The number of hydrogen-bond acceptors (Lipinski definition) is 1. The van der Waals surface area contributed by atoms with Crippen LogP contribution in [-0.4, -0.2) is 7.05 Å². The van der Waals surface area contributed by atoms with Gasteiger partial charge in [0.2, 0.25) is 0 Å². The van der Waals surface area contributed by atoms with E-state index in [4.69, 9.17) is 0 Å². The topological polar surface area (TPSA) is 12.0 Å². The molecule has 32 heavy (non-hydrogen) atoms. The summed E-state index contributed by atoms with van der Waals surface area (Å²) < 4.78 is 0. The van der Waals surface area contributed by atoms with Crippen LogP contribution in [-0.2, 0) is 6.42 Å². The highest BCUT2D eigenvalue weighted by Crippen LogP contribution is 2.32. The third-order valence-electron chi connectivity index (χ3n) is 5.48. The van der Waals surface area contributed by atoms with E-state index in [9.17, 15) is 0 Å². The summed E-state index contributed by atoms with van der Waals surface area (Å²) in [5, 5.41) is 3.17. The molecule has 2 rings (SSSR count). The Labute approximate surface area is 200 Å². The standard InChI is InChI=1S/C21H29N.C7H14.C3H6/c1-5-16(2)20-10-6-8-17(3)21(20)11-7-9-18-12-14-19(22-4)15-13-18;1-5-6-7(2,3)4;1-3-2/h5-6,10,12-15,17,22H,7-9,11H2,1-4H3;5H,1,6H2,2-4H3;3H,1H2,2H3/b16-5+;;. The molecule has 1 atom stereocenters. The molecule has 1 aromatic rings. The van der Waals surface area contributed by atoms with Crippen molar-refractivity contribution in [2.75, 3.05) is 12.4 Å². The molecule has 0 aromatic heterocycles. The van der Waals surface area contributed by atoms with E-state index in [1.54, 1.807) is 11.6 Å². The lowest BCUT2D eigenvalue weighted by Crippen LogP contribution is -2.07. The Morgan fingerprint density at radius 1 is 1.09 bits per heavy atom. The van der Waals surface area contributed by atoms with Gasteiger partial charge >= 0.3 is 0 Å². The molecule has 0 amide bonds. The van der Waals surface area contributed by atoms with Gasteiger partial charge in [-0.05, 0) is 93.1 Å². The van der Waals surface area contributed by atoms with Crippen molar-refractivity contribution in [3.63, 3.8) is 0 Å². The Bertz CT molecular complexity index is 751. The quantitative estimate of drug-likeness (QED) is 0.420. The van der Waals surface area contributed by atoms with Gasteiger partial charge in [0.1, 0.15) is 0 Å². The maximum absolute atomic E-state index is 3.65. The van der Waals surface area contributed by atoms with Crippen molar-refractivity contribution in [3.8, 4) is 0 Å². The molecule has 0 fully saturated rings. The maximum Gasteiger partial charge on any atom is 0.0337 e. The molecule has 178 valence electrons. The third-order valence-corrected chi connectivity index (χ3v) is 5.48. The van der Waals surface area contributed by atoms with Gasteiger partial charge in [0, 0.05) is 12.7 Å². The van der Waals surface area contributed by atoms with E-state index in [0.29, 0.717) is 11.3 Å². The minimum Gasteiger partial charge on any atom is -0.388 e. The van der Waals surface area contributed by atoms with Gasteiger partial charge in [-0.25, -0.2) is 0 Å². The highest BCUT2D eigenvalue weighted by atomic mass is 14.8. The lowest BCUT2D eigenvalue weighted by atomic mass is 9.82. The summed E-state index contributed by atoms with van der Waals surface area (Å²) in [7, 11) is 1.96.